The second-order valence-corrected chi connectivity index (χ2v) is 4.41. The molecule has 6 nitrogen and oxygen atoms in total. The largest absolute Gasteiger partial charge is 0.466 e. The molecule has 0 bridgehead atoms. The van der Waals surface area contributed by atoms with Crippen molar-refractivity contribution in [1.82, 2.24) is 4.90 Å². The Hall–Kier alpha value is -2.18. The number of aliphatic hydroxyl groups is 2. The molecule has 106 valence electrons. The van der Waals surface area contributed by atoms with Gasteiger partial charge in [-0.05, 0) is 12.1 Å². The van der Waals surface area contributed by atoms with Gasteiger partial charge in [-0.25, -0.2) is 4.79 Å². The lowest BCUT2D eigenvalue weighted by molar-refractivity contribution is -0.137. The number of carbonyl (C=O) groups is 2. The number of amides is 1. The number of nitrogens with zero attached hydrogens (tertiary/aromatic N) is 1. The van der Waals surface area contributed by atoms with Crippen LogP contribution in [0, 0.1) is 0 Å². The van der Waals surface area contributed by atoms with Crippen LogP contribution in [0.3, 0.4) is 0 Å². The second-order valence-electron chi connectivity index (χ2n) is 4.41. The smallest absolute Gasteiger partial charge is 0.335 e. The van der Waals surface area contributed by atoms with Crippen LogP contribution in [-0.4, -0.2) is 46.4 Å². The number of hydrogen-bond donors (Lipinski definition) is 2. The SMILES string of the molecule is COC(=O)C1=CN(C(=O)c2ccccc2)[C@@H](O)[C@@H](O)C1. The molecule has 1 aromatic rings. The van der Waals surface area contributed by atoms with E-state index in [0.717, 1.165) is 4.90 Å². The molecule has 0 radical (unpaired) electrons. The van der Waals surface area contributed by atoms with Crippen molar-refractivity contribution >= 4 is 11.9 Å². The first-order chi connectivity index (χ1) is 9.54. The molecule has 1 aliphatic heterocycles. The van der Waals surface area contributed by atoms with Gasteiger partial charge < -0.3 is 14.9 Å². The van der Waals surface area contributed by atoms with Crippen LogP contribution in [0.2, 0.25) is 0 Å². The third-order valence-electron chi connectivity index (χ3n) is 3.06. The zero-order valence-electron chi connectivity index (χ0n) is 10.9. The molecule has 0 saturated heterocycles. The van der Waals surface area contributed by atoms with Gasteiger partial charge in [-0.3, -0.25) is 9.69 Å². The highest BCUT2D eigenvalue weighted by molar-refractivity contribution is 5.96. The zero-order valence-corrected chi connectivity index (χ0v) is 10.9. The van der Waals surface area contributed by atoms with Crippen LogP contribution in [0.15, 0.2) is 42.1 Å². The first kappa shape index (κ1) is 14.2. The molecule has 0 fully saturated rings. The monoisotopic (exact) mass is 277 g/mol. The Morgan fingerprint density at radius 2 is 1.90 bits per heavy atom. The molecule has 1 heterocycles. The number of ether oxygens (including phenoxy) is 1. The van der Waals surface area contributed by atoms with Crippen LogP contribution in [0.1, 0.15) is 16.8 Å². The lowest BCUT2D eigenvalue weighted by Crippen LogP contribution is -2.47. The molecule has 1 aromatic carbocycles. The van der Waals surface area contributed by atoms with Gasteiger partial charge in [0.1, 0.15) is 6.10 Å². The van der Waals surface area contributed by atoms with Crippen LogP contribution in [0.5, 0.6) is 0 Å². The Bertz CT molecular complexity index is 540. The summed E-state index contributed by atoms with van der Waals surface area (Å²) in [6.07, 6.45) is -1.47. The Morgan fingerprint density at radius 3 is 2.50 bits per heavy atom. The van der Waals surface area contributed by atoms with Crippen molar-refractivity contribution in [2.24, 2.45) is 0 Å². The summed E-state index contributed by atoms with van der Waals surface area (Å²) in [6.45, 7) is 0. The molecule has 2 rings (SSSR count). The molecule has 0 aromatic heterocycles. The van der Waals surface area contributed by atoms with Crippen molar-refractivity contribution in [1.29, 1.82) is 0 Å². The summed E-state index contributed by atoms with van der Waals surface area (Å²) < 4.78 is 4.57. The number of rotatable bonds is 2. The lowest BCUT2D eigenvalue weighted by atomic mass is 10.0. The minimum atomic E-state index is -1.39. The van der Waals surface area contributed by atoms with Gasteiger partial charge >= 0.3 is 5.97 Å². The number of hydrogen-bond acceptors (Lipinski definition) is 5. The van der Waals surface area contributed by atoms with E-state index in [9.17, 15) is 19.8 Å². The first-order valence-corrected chi connectivity index (χ1v) is 6.07. The van der Waals surface area contributed by atoms with Crippen LogP contribution < -0.4 is 0 Å². The molecule has 0 unspecified atom stereocenters. The standard InChI is InChI=1S/C14H15NO5/c1-20-14(19)10-7-11(16)13(18)15(8-10)12(17)9-5-3-2-4-6-9/h2-6,8,11,13,16,18H,7H2,1H3/t11-,13-/m0/s1. The highest BCUT2D eigenvalue weighted by Gasteiger charge is 2.34. The fraction of sp³-hybridized carbons (Fsp3) is 0.286. The van der Waals surface area contributed by atoms with E-state index in [2.05, 4.69) is 4.74 Å². The highest BCUT2D eigenvalue weighted by atomic mass is 16.5. The van der Waals surface area contributed by atoms with Crippen LogP contribution in [0.25, 0.3) is 0 Å². The van der Waals surface area contributed by atoms with Crippen molar-refractivity contribution in [2.45, 2.75) is 18.8 Å². The van der Waals surface area contributed by atoms with Gasteiger partial charge in [0, 0.05) is 18.2 Å². The molecule has 2 atom stereocenters. The Kier molecular flexibility index (Phi) is 4.16. The third kappa shape index (κ3) is 2.71. The Balaban J connectivity index is 2.32. The molecule has 0 aliphatic carbocycles. The molecular formula is C14H15NO5. The molecule has 1 aliphatic rings. The van der Waals surface area contributed by atoms with Gasteiger partial charge in [-0.2, -0.15) is 0 Å². The molecule has 0 saturated carbocycles. The summed E-state index contributed by atoms with van der Waals surface area (Å²) in [5.74, 6) is -1.14. The van der Waals surface area contributed by atoms with Gasteiger partial charge in [0.2, 0.25) is 0 Å². The fourth-order valence-corrected chi connectivity index (χ4v) is 1.99. The number of aliphatic hydroxyl groups excluding tert-OH is 2. The predicted molar refractivity (Wildman–Crippen MR) is 69.3 cm³/mol. The van der Waals surface area contributed by atoms with Crippen LogP contribution in [-0.2, 0) is 9.53 Å². The van der Waals surface area contributed by atoms with Gasteiger partial charge in [-0.15, -0.1) is 0 Å². The van der Waals surface area contributed by atoms with Crippen molar-refractivity contribution in [2.75, 3.05) is 7.11 Å². The topological polar surface area (TPSA) is 87.1 Å². The number of carbonyl (C=O) groups excluding carboxylic acids is 2. The van der Waals surface area contributed by atoms with Gasteiger partial charge in [0.05, 0.1) is 12.7 Å². The van der Waals surface area contributed by atoms with Gasteiger partial charge in [0.15, 0.2) is 6.23 Å². The van der Waals surface area contributed by atoms with Gasteiger partial charge in [-0.1, -0.05) is 18.2 Å². The van der Waals surface area contributed by atoms with Crippen molar-refractivity contribution in [3.8, 4) is 0 Å². The summed E-state index contributed by atoms with van der Waals surface area (Å²) >= 11 is 0. The summed E-state index contributed by atoms with van der Waals surface area (Å²) in [6, 6.07) is 8.30. The molecule has 1 amide bonds. The van der Waals surface area contributed by atoms with E-state index in [1.54, 1.807) is 30.3 Å². The number of esters is 1. The zero-order chi connectivity index (χ0) is 14.7. The first-order valence-electron chi connectivity index (χ1n) is 6.07. The molecular weight excluding hydrogens is 262 g/mol. The molecule has 20 heavy (non-hydrogen) atoms. The molecule has 2 N–H and O–H groups in total. The predicted octanol–water partition coefficient (Wildman–Crippen LogP) is 0.269. The van der Waals surface area contributed by atoms with Crippen molar-refractivity contribution < 1.29 is 24.5 Å². The minimum Gasteiger partial charge on any atom is -0.466 e. The summed E-state index contributed by atoms with van der Waals surface area (Å²) in [4.78, 5) is 24.7. The maximum Gasteiger partial charge on any atom is 0.335 e. The minimum absolute atomic E-state index is 0.0631. The number of methoxy groups -OCH3 is 1. The van der Waals surface area contributed by atoms with E-state index in [4.69, 9.17) is 0 Å². The average molecular weight is 277 g/mol. The Morgan fingerprint density at radius 1 is 1.25 bits per heavy atom. The van der Waals surface area contributed by atoms with E-state index in [-0.39, 0.29) is 12.0 Å². The van der Waals surface area contributed by atoms with Gasteiger partial charge in [0.25, 0.3) is 5.91 Å². The molecule has 0 spiro atoms. The lowest BCUT2D eigenvalue weighted by Gasteiger charge is -2.33. The van der Waals surface area contributed by atoms with E-state index in [0.29, 0.717) is 5.56 Å². The van der Waals surface area contributed by atoms with E-state index < -0.39 is 24.2 Å². The maximum absolute atomic E-state index is 12.3. The maximum atomic E-state index is 12.3. The van der Waals surface area contributed by atoms with Crippen LogP contribution >= 0.6 is 0 Å². The van der Waals surface area contributed by atoms with E-state index in [1.807, 2.05) is 0 Å². The second kappa shape index (κ2) is 5.85. The summed E-state index contributed by atoms with van der Waals surface area (Å²) in [5.41, 5.74) is 0.482. The Labute approximate surface area is 115 Å². The summed E-state index contributed by atoms with van der Waals surface area (Å²) in [7, 11) is 1.21. The highest BCUT2D eigenvalue weighted by Crippen LogP contribution is 2.22. The average Bonchev–Trinajstić information content (AvgIpc) is 2.49. The van der Waals surface area contributed by atoms with E-state index in [1.165, 1.54) is 13.3 Å². The number of benzene rings is 1. The normalized spacial score (nSPS) is 22.1. The van der Waals surface area contributed by atoms with Crippen LogP contribution in [0.4, 0.5) is 0 Å². The van der Waals surface area contributed by atoms with Crippen molar-refractivity contribution in [3.05, 3.63) is 47.7 Å². The third-order valence-corrected chi connectivity index (χ3v) is 3.06. The van der Waals surface area contributed by atoms with E-state index >= 15 is 0 Å². The quantitative estimate of drug-likeness (QED) is 0.758. The molecule has 6 heteroatoms. The van der Waals surface area contributed by atoms with Crippen molar-refractivity contribution in [3.63, 3.8) is 0 Å². The fourth-order valence-electron chi connectivity index (χ4n) is 1.99. The summed E-state index contributed by atoms with van der Waals surface area (Å²) in [5, 5.41) is 19.7.